The Labute approximate surface area is 82.1 Å². The minimum absolute atomic E-state index is 0.0254. The fraction of sp³-hybridized carbons (Fsp3) is 0.545. The van der Waals surface area contributed by atoms with Crippen LogP contribution in [-0.4, -0.2) is 11.6 Å². The van der Waals surface area contributed by atoms with Crippen molar-refractivity contribution in [1.82, 2.24) is 4.98 Å². The van der Waals surface area contributed by atoms with Gasteiger partial charge < -0.3 is 4.74 Å². The van der Waals surface area contributed by atoms with Crippen LogP contribution in [0.2, 0.25) is 0 Å². The molecule has 0 aromatic carbocycles. The third kappa shape index (κ3) is 0.925. The molecule has 1 aromatic heterocycles. The molecule has 2 aliphatic rings. The van der Waals surface area contributed by atoms with Crippen LogP contribution in [-0.2, 0) is 5.41 Å². The highest BCUT2D eigenvalue weighted by molar-refractivity contribution is 5.43. The number of pyridine rings is 1. The second-order valence-corrected chi connectivity index (χ2v) is 4.27. The van der Waals surface area contributed by atoms with E-state index in [1.165, 1.54) is 19.0 Å². The summed E-state index contributed by atoms with van der Waals surface area (Å²) in [5.41, 5.74) is 0.757. The number of hydrogen-bond donors (Lipinski definition) is 0. The van der Waals surface area contributed by atoms with Crippen molar-refractivity contribution in [3.8, 4) is 5.75 Å². The Kier molecular flexibility index (Phi) is 1.58. The zero-order chi connectivity index (χ0) is 9.60. The van der Waals surface area contributed by atoms with Gasteiger partial charge >= 0.3 is 0 Å². The van der Waals surface area contributed by atoms with Gasteiger partial charge in [0.1, 0.15) is 11.6 Å². The molecule has 0 amide bonds. The van der Waals surface area contributed by atoms with Crippen LogP contribution in [0.1, 0.15) is 31.2 Å². The van der Waals surface area contributed by atoms with Crippen molar-refractivity contribution >= 4 is 0 Å². The summed E-state index contributed by atoms with van der Waals surface area (Å²) in [6, 6.07) is 0. The Morgan fingerprint density at radius 2 is 2.07 bits per heavy atom. The summed E-state index contributed by atoms with van der Waals surface area (Å²) in [7, 11) is 0. The van der Waals surface area contributed by atoms with Crippen LogP contribution in [0.4, 0.5) is 4.39 Å². The molecule has 0 radical (unpaired) electrons. The molecule has 0 atom stereocenters. The predicted octanol–water partition coefficient (Wildman–Crippen LogP) is 2.42. The number of fused-ring (bicyclic) bond motifs is 2. The van der Waals surface area contributed by atoms with E-state index in [1.54, 1.807) is 6.20 Å². The van der Waals surface area contributed by atoms with Crippen molar-refractivity contribution in [3.63, 3.8) is 0 Å². The molecule has 1 aromatic rings. The Morgan fingerprint density at radius 1 is 1.29 bits per heavy atom. The van der Waals surface area contributed by atoms with Crippen LogP contribution in [0.15, 0.2) is 12.4 Å². The van der Waals surface area contributed by atoms with Crippen molar-refractivity contribution in [2.75, 3.05) is 6.61 Å². The summed E-state index contributed by atoms with van der Waals surface area (Å²) in [5, 5.41) is 0. The first-order chi connectivity index (χ1) is 6.82. The third-order valence-electron chi connectivity index (χ3n) is 3.46. The van der Waals surface area contributed by atoms with Crippen molar-refractivity contribution in [2.45, 2.75) is 31.1 Å². The maximum Gasteiger partial charge on any atom is 0.149 e. The summed E-state index contributed by atoms with van der Waals surface area (Å²) in [6.45, 7) is 0.644. The maximum absolute atomic E-state index is 13.6. The highest BCUT2D eigenvalue weighted by Crippen LogP contribution is 2.49. The lowest BCUT2D eigenvalue weighted by Crippen LogP contribution is -2.24. The minimum Gasteiger partial charge on any atom is -0.491 e. The van der Waals surface area contributed by atoms with E-state index in [9.17, 15) is 4.39 Å². The molecule has 1 aliphatic heterocycles. The molecule has 1 fully saturated rings. The van der Waals surface area contributed by atoms with E-state index in [1.807, 2.05) is 0 Å². The van der Waals surface area contributed by atoms with Gasteiger partial charge in [-0.25, -0.2) is 4.39 Å². The fourth-order valence-electron chi connectivity index (χ4n) is 2.78. The SMILES string of the molecule is Fc1cncc2c1C1(CCCC1)CO2. The molecule has 3 heteroatoms. The molecule has 2 heterocycles. The van der Waals surface area contributed by atoms with Crippen molar-refractivity contribution < 1.29 is 9.13 Å². The highest BCUT2D eigenvalue weighted by atomic mass is 19.1. The fourth-order valence-corrected chi connectivity index (χ4v) is 2.78. The van der Waals surface area contributed by atoms with Gasteiger partial charge in [-0.15, -0.1) is 0 Å². The van der Waals surface area contributed by atoms with Crippen molar-refractivity contribution in [1.29, 1.82) is 0 Å². The summed E-state index contributed by atoms with van der Waals surface area (Å²) >= 11 is 0. The summed E-state index contributed by atoms with van der Waals surface area (Å²) in [4.78, 5) is 3.81. The topological polar surface area (TPSA) is 22.1 Å². The Morgan fingerprint density at radius 3 is 2.86 bits per heavy atom. The zero-order valence-corrected chi connectivity index (χ0v) is 7.92. The molecular formula is C11H12FNO. The van der Waals surface area contributed by atoms with E-state index < -0.39 is 0 Å². The second-order valence-electron chi connectivity index (χ2n) is 4.27. The molecule has 0 bridgehead atoms. The molecule has 2 nitrogen and oxygen atoms in total. The van der Waals surface area contributed by atoms with Gasteiger partial charge in [0, 0.05) is 11.0 Å². The highest BCUT2D eigenvalue weighted by Gasteiger charge is 2.45. The normalized spacial score (nSPS) is 22.4. The molecule has 1 spiro atoms. The van der Waals surface area contributed by atoms with Gasteiger partial charge in [0.2, 0.25) is 0 Å². The average Bonchev–Trinajstić information content (AvgIpc) is 2.77. The van der Waals surface area contributed by atoms with Crippen LogP contribution in [0.5, 0.6) is 5.75 Å². The van der Waals surface area contributed by atoms with Gasteiger partial charge in [-0.05, 0) is 12.8 Å². The van der Waals surface area contributed by atoms with E-state index >= 15 is 0 Å². The zero-order valence-electron chi connectivity index (χ0n) is 7.92. The molecule has 14 heavy (non-hydrogen) atoms. The predicted molar refractivity (Wildman–Crippen MR) is 49.8 cm³/mol. The lowest BCUT2D eigenvalue weighted by atomic mass is 9.81. The summed E-state index contributed by atoms with van der Waals surface area (Å²) < 4.78 is 19.2. The molecular weight excluding hydrogens is 181 g/mol. The molecule has 3 rings (SSSR count). The van der Waals surface area contributed by atoms with Crippen LogP contribution in [0.25, 0.3) is 0 Å². The number of nitrogens with zero attached hydrogens (tertiary/aromatic N) is 1. The van der Waals surface area contributed by atoms with Gasteiger partial charge in [-0.3, -0.25) is 4.98 Å². The molecule has 1 saturated carbocycles. The second kappa shape index (κ2) is 2.69. The van der Waals surface area contributed by atoms with E-state index in [2.05, 4.69) is 4.98 Å². The Hall–Kier alpha value is -1.12. The van der Waals surface area contributed by atoms with Gasteiger partial charge in [-0.2, -0.15) is 0 Å². The minimum atomic E-state index is -0.193. The first-order valence-corrected chi connectivity index (χ1v) is 5.09. The van der Waals surface area contributed by atoms with Crippen LogP contribution in [0.3, 0.4) is 0 Å². The number of aromatic nitrogens is 1. The lowest BCUT2D eigenvalue weighted by Gasteiger charge is -2.20. The van der Waals surface area contributed by atoms with Gasteiger partial charge in [-0.1, -0.05) is 12.8 Å². The summed E-state index contributed by atoms with van der Waals surface area (Å²) in [6.07, 6.45) is 7.41. The smallest absolute Gasteiger partial charge is 0.149 e. The van der Waals surface area contributed by atoms with E-state index in [0.717, 1.165) is 18.4 Å². The maximum atomic E-state index is 13.6. The van der Waals surface area contributed by atoms with Crippen LogP contribution >= 0.6 is 0 Å². The third-order valence-corrected chi connectivity index (χ3v) is 3.46. The Balaban J connectivity index is 2.16. The summed E-state index contributed by atoms with van der Waals surface area (Å²) in [5.74, 6) is 0.466. The van der Waals surface area contributed by atoms with Gasteiger partial charge in [0.15, 0.2) is 0 Å². The van der Waals surface area contributed by atoms with E-state index in [4.69, 9.17) is 4.74 Å². The first kappa shape index (κ1) is 8.21. The largest absolute Gasteiger partial charge is 0.491 e. The number of ether oxygens (including phenoxy) is 1. The molecule has 0 saturated heterocycles. The quantitative estimate of drug-likeness (QED) is 0.631. The van der Waals surface area contributed by atoms with Gasteiger partial charge in [0.05, 0.1) is 19.0 Å². The molecule has 74 valence electrons. The standard InChI is InChI=1S/C11H12FNO/c12-8-5-13-6-9-10(8)11(7-14-9)3-1-2-4-11/h5-6H,1-4,7H2. The average molecular weight is 193 g/mol. The van der Waals surface area contributed by atoms with E-state index in [-0.39, 0.29) is 11.2 Å². The first-order valence-electron chi connectivity index (χ1n) is 5.09. The number of hydrogen-bond acceptors (Lipinski definition) is 2. The molecule has 0 unspecified atom stereocenters. The molecule has 0 N–H and O–H groups in total. The van der Waals surface area contributed by atoms with Crippen LogP contribution < -0.4 is 4.74 Å². The number of rotatable bonds is 0. The lowest BCUT2D eigenvalue weighted by molar-refractivity contribution is 0.266. The van der Waals surface area contributed by atoms with Gasteiger partial charge in [0.25, 0.3) is 0 Å². The van der Waals surface area contributed by atoms with Crippen molar-refractivity contribution in [2.24, 2.45) is 0 Å². The number of halogens is 1. The monoisotopic (exact) mass is 193 g/mol. The van der Waals surface area contributed by atoms with Crippen LogP contribution in [0, 0.1) is 5.82 Å². The van der Waals surface area contributed by atoms with Crippen molar-refractivity contribution in [3.05, 3.63) is 23.8 Å². The molecule has 1 aliphatic carbocycles. The van der Waals surface area contributed by atoms with E-state index in [0.29, 0.717) is 12.4 Å². The Bertz CT molecular complexity index is 372.